The van der Waals surface area contributed by atoms with Crippen molar-refractivity contribution in [2.45, 2.75) is 56.3 Å². The van der Waals surface area contributed by atoms with Gasteiger partial charge in [0.05, 0.1) is 32.5 Å². The molecule has 0 unspecified atom stereocenters. The molecular weight excluding hydrogens is 624 g/mol. The van der Waals surface area contributed by atoms with Crippen LogP contribution >= 0.6 is 0 Å². The van der Waals surface area contributed by atoms with E-state index in [1.807, 2.05) is 84.9 Å². The number of hydrogen-bond donors (Lipinski definition) is 2. The average Bonchev–Trinajstić information content (AvgIpc) is 3.46. The smallest absolute Gasteiger partial charge is 0.407 e. The van der Waals surface area contributed by atoms with Crippen molar-refractivity contribution in [3.63, 3.8) is 0 Å². The zero-order valence-electron chi connectivity index (χ0n) is 27.0. The second-order valence-corrected chi connectivity index (χ2v) is 11.9. The molecule has 2 aliphatic rings. The average molecular weight is 665 g/mol. The Balaban J connectivity index is 1.02. The highest BCUT2D eigenvalue weighted by Crippen LogP contribution is 2.44. The van der Waals surface area contributed by atoms with Gasteiger partial charge >= 0.3 is 6.09 Å². The van der Waals surface area contributed by atoms with Crippen molar-refractivity contribution in [1.82, 2.24) is 5.32 Å². The van der Waals surface area contributed by atoms with E-state index >= 15 is 0 Å². The van der Waals surface area contributed by atoms with Crippen LogP contribution in [0.15, 0.2) is 114 Å². The third kappa shape index (κ3) is 8.65. The van der Waals surface area contributed by atoms with Gasteiger partial charge in [-0.25, -0.2) is 4.79 Å². The van der Waals surface area contributed by atoms with E-state index in [-0.39, 0.29) is 38.9 Å². The van der Waals surface area contributed by atoms with Crippen LogP contribution in [0.25, 0.3) is 21.6 Å². The Morgan fingerprint density at radius 1 is 0.796 bits per heavy atom. The van der Waals surface area contributed by atoms with E-state index in [1.54, 1.807) is 0 Å². The van der Waals surface area contributed by atoms with Gasteiger partial charge < -0.3 is 34.1 Å². The molecule has 0 spiro atoms. The molecule has 2 N–H and O–H groups in total. The summed E-state index contributed by atoms with van der Waals surface area (Å²) in [6.07, 6.45) is -4.71. The molecule has 4 aromatic carbocycles. The Kier molecular flexibility index (Phi) is 11.9. The highest BCUT2D eigenvalue weighted by Gasteiger charge is 2.47. The highest BCUT2D eigenvalue weighted by molar-refractivity contribution is 5.79. The third-order valence-electron chi connectivity index (χ3n) is 8.73. The number of carbonyl (C=O) groups excluding carboxylic acids is 1. The molecule has 11 nitrogen and oxygen atoms in total. The fourth-order valence-electron chi connectivity index (χ4n) is 6.33. The van der Waals surface area contributed by atoms with Crippen LogP contribution in [0, 0.1) is 0 Å². The van der Waals surface area contributed by atoms with Gasteiger partial charge in [0.25, 0.3) is 0 Å². The Labute approximate surface area is 285 Å². The number of benzene rings is 4. The molecule has 0 bridgehead atoms. The predicted molar refractivity (Wildman–Crippen MR) is 182 cm³/mol. The number of fused-ring (bicyclic) bond motifs is 3. The van der Waals surface area contributed by atoms with Crippen LogP contribution < -0.4 is 5.32 Å². The van der Waals surface area contributed by atoms with E-state index < -0.39 is 36.8 Å². The fourth-order valence-corrected chi connectivity index (χ4v) is 6.33. The van der Waals surface area contributed by atoms with E-state index in [9.17, 15) is 9.90 Å². The van der Waals surface area contributed by atoms with Crippen molar-refractivity contribution in [2.24, 2.45) is 5.11 Å². The van der Waals surface area contributed by atoms with E-state index in [0.717, 1.165) is 22.3 Å². The molecule has 5 atom stereocenters. The molecule has 1 aliphatic carbocycles. The lowest BCUT2D eigenvalue weighted by Crippen LogP contribution is -2.60. The number of aliphatic hydroxyl groups is 1. The zero-order chi connectivity index (χ0) is 33.8. The van der Waals surface area contributed by atoms with Gasteiger partial charge in [-0.15, -0.1) is 0 Å². The van der Waals surface area contributed by atoms with Gasteiger partial charge in [-0.2, -0.15) is 0 Å². The molecule has 1 heterocycles. The molecule has 49 heavy (non-hydrogen) atoms. The summed E-state index contributed by atoms with van der Waals surface area (Å²) in [6, 6.07) is 35.6. The first-order valence-electron chi connectivity index (χ1n) is 16.5. The molecule has 1 fully saturated rings. The quantitative estimate of drug-likeness (QED) is 0.0639. The Morgan fingerprint density at radius 2 is 1.37 bits per heavy atom. The maximum atomic E-state index is 12.6. The minimum absolute atomic E-state index is 0.0257. The van der Waals surface area contributed by atoms with E-state index in [4.69, 9.17) is 29.2 Å². The van der Waals surface area contributed by atoms with Gasteiger partial charge in [-0.05, 0) is 45.3 Å². The number of aliphatic hydroxyl groups excluding tert-OH is 1. The van der Waals surface area contributed by atoms with E-state index in [1.165, 1.54) is 11.1 Å². The van der Waals surface area contributed by atoms with Crippen molar-refractivity contribution in [3.05, 3.63) is 142 Å². The summed E-state index contributed by atoms with van der Waals surface area (Å²) >= 11 is 0. The molecule has 0 saturated carbocycles. The van der Waals surface area contributed by atoms with Gasteiger partial charge in [-0.1, -0.05) is 114 Å². The van der Waals surface area contributed by atoms with E-state index in [0.29, 0.717) is 13.0 Å². The summed E-state index contributed by atoms with van der Waals surface area (Å²) in [7, 11) is 0. The molecular formula is C38H40N4O7. The van der Waals surface area contributed by atoms with Crippen LogP contribution in [0.5, 0.6) is 0 Å². The van der Waals surface area contributed by atoms with Crippen LogP contribution in [-0.4, -0.2) is 68.2 Å². The summed E-state index contributed by atoms with van der Waals surface area (Å²) in [5.74, 6) is -0.0257. The number of alkyl carbamates (subject to hydrolysis) is 1. The van der Waals surface area contributed by atoms with Crippen LogP contribution in [0.4, 0.5) is 4.79 Å². The molecule has 11 heteroatoms. The number of hydrogen-bond acceptors (Lipinski definition) is 8. The number of nitrogens with zero attached hydrogens (tertiary/aromatic N) is 3. The number of azide groups is 1. The molecule has 254 valence electrons. The zero-order valence-corrected chi connectivity index (χ0v) is 27.0. The number of ether oxygens (including phenoxy) is 5. The lowest BCUT2D eigenvalue weighted by atomic mass is 9.98. The SMILES string of the molecule is [N-]=[N+]=NC[C@H]1O[C@H](OCCCNC(=O)OCC2c3ccccc3-c3ccccc32)[C@@H](O)[C@@H](OCc2ccccc2)[C@@H]1OCc1ccccc1. The Bertz CT molecular complexity index is 1660. The molecule has 0 aromatic heterocycles. The molecule has 0 radical (unpaired) electrons. The largest absolute Gasteiger partial charge is 0.449 e. The van der Waals surface area contributed by atoms with Crippen molar-refractivity contribution in [3.8, 4) is 11.1 Å². The van der Waals surface area contributed by atoms with Gasteiger partial charge in [0.2, 0.25) is 0 Å². The van der Waals surface area contributed by atoms with Gasteiger partial charge in [0.15, 0.2) is 6.29 Å². The summed E-state index contributed by atoms with van der Waals surface area (Å²) in [5, 5.41) is 17.9. The number of nitrogens with one attached hydrogen (secondary N) is 1. The maximum absolute atomic E-state index is 12.6. The van der Waals surface area contributed by atoms with Crippen molar-refractivity contribution in [1.29, 1.82) is 0 Å². The van der Waals surface area contributed by atoms with Gasteiger partial charge in [0, 0.05) is 17.4 Å². The summed E-state index contributed by atoms with van der Waals surface area (Å²) < 4.78 is 30.2. The summed E-state index contributed by atoms with van der Waals surface area (Å²) in [4.78, 5) is 15.5. The standard InChI is InChI=1S/C38H40N4O7/c39-42-41-22-33-35(46-23-26-12-3-1-4-13-26)36(47-24-27-14-5-2-6-15-27)34(43)37(49-33)45-21-11-20-40-38(44)48-25-32-30-18-9-7-16-28(30)29-17-8-10-19-31(29)32/h1-10,12-19,32-37,43H,11,20-25H2,(H,40,44)/t33-,34+,35-,36-,37+/m1/s1. The number of carbonyl (C=O) groups is 1. The van der Waals surface area contributed by atoms with Crippen molar-refractivity contribution >= 4 is 6.09 Å². The van der Waals surface area contributed by atoms with Crippen LogP contribution in [0.3, 0.4) is 0 Å². The Hall–Kier alpha value is -4.74. The van der Waals surface area contributed by atoms with E-state index in [2.05, 4.69) is 39.6 Å². The molecule has 4 aromatic rings. The Morgan fingerprint density at radius 3 is 1.98 bits per heavy atom. The first kappa shape index (κ1) is 34.1. The molecule has 1 aliphatic heterocycles. The fraction of sp³-hybridized carbons (Fsp3) is 0.342. The highest BCUT2D eigenvalue weighted by atomic mass is 16.7. The topological polar surface area (TPSA) is 144 Å². The normalized spacial score (nSPS) is 21.3. The summed E-state index contributed by atoms with van der Waals surface area (Å²) in [6.45, 7) is 1.10. The minimum Gasteiger partial charge on any atom is -0.449 e. The lowest BCUT2D eigenvalue weighted by molar-refractivity contribution is -0.311. The molecule has 1 saturated heterocycles. The van der Waals surface area contributed by atoms with Gasteiger partial charge in [-0.3, -0.25) is 0 Å². The first-order valence-corrected chi connectivity index (χ1v) is 16.5. The first-order chi connectivity index (χ1) is 24.1. The van der Waals surface area contributed by atoms with Crippen LogP contribution in [0.2, 0.25) is 0 Å². The lowest BCUT2D eigenvalue weighted by Gasteiger charge is -2.44. The minimum atomic E-state index is -1.21. The monoisotopic (exact) mass is 664 g/mol. The van der Waals surface area contributed by atoms with Crippen molar-refractivity contribution < 1.29 is 33.6 Å². The second-order valence-electron chi connectivity index (χ2n) is 11.9. The van der Waals surface area contributed by atoms with Crippen LogP contribution in [-0.2, 0) is 36.9 Å². The number of rotatable bonds is 15. The second kappa shape index (κ2) is 17.1. The van der Waals surface area contributed by atoms with Gasteiger partial charge in [0.1, 0.15) is 24.9 Å². The third-order valence-corrected chi connectivity index (χ3v) is 8.73. The van der Waals surface area contributed by atoms with Crippen molar-refractivity contribution in [2.75, 3.05) is 26.3 Å². The maximum Gasteiger partial charge on any atom is 0.407 e. The number of amides is 1. The molecule has 6 rings (SSSR count). The molecule has 1 amide bonds. The summed E-state index contributed by atoms with van der Waals surface area (Å²) in [5.41, 5.74) is 15.5. The predicted octanol–water partition coefficient (Wildman–Crippen LogP) is 6.50. The van der Waals surface area contributed by atoms with Crippen LogP contribution in [0.1, 0.15) is 34.6 Å².